The zero-order valence-corrected chi connectivity index (χ0v) is 20.9. The van der Waals surface area contributed by atoms with E-state index >= 15 is 0 Å². The van der Waals surface area contributed by atoms with E-state index in [0.717, 1.165) is 17.0 Å². The molecular weight excluding hydrogens is 458 g/mol. The number of nitrogens with zero attached hydrogens (tertiary/aromatic N) is 4. The molecule has 1 N–H and O–H groups in total. The van der Waals surface area contributed by atoms with Gasteiger partial charge >= 0.3 is 0 Å². The highest BCUT2D eigenvalue weighted by Crippen LogP contribution is 2.30. The molecular formula is C27H29N5O2S. The molecule has 0 aliphatic rings. The number of carbonyl (C=O) groups excluding carboxylic acids is 1. The molecule has 2 aromatic heterocycles. The first kappa shape index (κ1) is 24.5. The predicted octanol–water partition coefficient (Wildman–Crippen LogP) is 5.13. The summed E-state index contributed by atoms with van der Waals surface area (Å²) in [7, 11) is 0. The fraction of sp³-hybridized carbons (Fsp3) is 0.259. The van der Waals surface area contributed by atoms with Gasteiger partial charge in [-0.05, 0) is 61.7 Å². The average molecular weight is 488 g/mol. The minimum atomic E-state index is -0.356. The zero-order chi connectivity index (χ0) is 24.6. The van der Waals surface area contributed by atoms with E-state index in [0.29, 0.717) is 24.1 Å². The minimum Gasteiger partial charge on any atom is -0.494 e. The van der Waals surface area contributed by atoms with Crippen LogP contribution in [-0.2, 0) is 4.79 Å². The van der Waals surface area contributed by atoms with Gasteiger partial charge < -0.3 is 10.1 Å². The van der Waals surface area contributed by atoms with E-state index in [-0.39, 0.29) is 17.1 Å². The Labute approximate surface area is 210 Å². The summed E-state index contributed by atoms with van der Waals surface area (Å²) in [4.78, 5) is 17.1. The van der Waals surface area contributed by atoms with Crippen molar-refractivity contribution in [2.75, 3.05) is 13.2 Å². The van der Waals surface area contributed by atoms with Gasteiger partial charge in [-0.1, -0.05) is 49.0 Å². The molecule has 0 saturated carbocycles. The van der Waals surface area contributed by atoms with Gasteiger partial charge in [-0.25, -0.2) is 0 Å². The van der Waals surface area contributed by atoms with E-state index in [2.05, 4.69) is 39.6 Å². The Hall–Kier alpha value is -3.65. The van der Waals surface area contributed by atoms with Crippen LogP contribution in [0.5, 0.6) is 5.75 Å². The number of rotatable bonds is 10. The van der Waals surface area contributed by atoms with Gasteiger partial charge in [0.15, 0.2) is 11.0 Å². The Kier molecular flexibility index (Phi) is 8.15. The zero-order valence-electron chi connectivity index (χ0n) is 20.1. The van der Waals surface area contributed by atoms with Gasteiger partial charge in [0.2, 0.25) is 5.91 Å². The molecule has 7 nitrogen and oxygen atoms in total. The van der Waals surface area contributed by atoms with Crippen molar-refractivity contribution in [1.82, 2.24) is 25.1 Å². The van der Waals surface area contributed by atoms with Crippen LogP contribution in [0, 0.1) is 0 Å². The summed E-state index contributed by atoms with van der Waals surface area (Å²) in [5, 5.41) is 12.2. The van der Waals surface area contributed by atoms with Crippen LogP contribution in [0.3, 0.4) is 0 Å². The summed E-state index contributed by atoms with van der Waals surface area (Å²) in [6.07, 6.45) is 3.48. The number of hydrogen-bond acceptors (Lipinski definition) is 6. The van der Waals surface area contributed by atoms with Crippen LogP contribution in [0.4, 0.5) is 0 Å². The van der Waals surface area contributed by atoms with Crippen molar-refractivity contribution in [2.24, 2.45) is 0 Å². The summed E-state index contributed by atoms with van der Waals surface area (Å²) in [6, 6.07) is 21.7. The normalized spacial score (nSPS) is 12.7. The highest BCUT2D eigenvalue weighted by Gasteiger charge is 2.22. The molecule has 0 saturated heterocycles. The number of benzene rings is 2. The maximum atomic E-state index is 12.9. The quantitative estimate of drug-likeness (QED) is 0.312. The predicted molar refractivity (Wildman–Crippen MR) is 139 cm³/mol. The second kappa shape index (κ2) is 11.7. The Bertz CT molecular complexity index is 1230. The minimum absolute atomic E-state index is 0.0399. The lowest BCUT2D eigenvalue weighted by atomic mass is 10.0. The molecule has 180 valence electrons. The molecule has 2 heterocycles. The maximum absolute atomic E-state index is 12.9. The SMILES string of the molecule is CCOc1ccc(-n2c(SC(C)C(=O)NCC(C)c3ccccc3)nnc2-c2cccnc2)cc1. The van der Waals surface area contributed by atoms with E-state index < -0.39 is 0 Å². The number of thioether (sulfide) groups is 1. The van der Waals surface area contributed by atoms with Crippen molar-refractivity contribution < 1.29 is 9.53 Å². The van der Waals surface area contributed by atoms with Gasteiger partial charge in [0.1, 0.15) is 5.75 Å². The van der Waals surface area contributed by atoms with Gasteiger partial charge in [-0.15, -0.1) is 10.2 Å². The highest BCUT2D eigenvalue weighted by atomic mass is 32.2. The summed E-state index contributed by atoms with van der Waals surface area (Å²) in [5.41, 5.74) is 2.92. The molecule has 2 atom stereocenters. The number of ether oxygens (including phenoxy) is 1. The number of hydrogen-bond donors (Lipinski definition) is 1. The topological polar surface area (TPSA) is 81.9 Å². The third kappa shape index (κ3) is 6.08. The largest absolute Gasteiger partial charge is 0.494 e. The molecule has 4 rings (SSSR count). The summed E-state index contributed by atoms with van der Waals surface area (Å²) in [5.74, 6) is 1.64. The number of nitrogens with one attached hydrogen (secondary N) is 1. The summed E-state index contributed by atoms with van der Waals surface area (Å²) >= 11 is 1.38. The van der Waals surface area contributed by atoms with Crippen LogP contribution >= 0.6 is 11.8 Å². The third-order valence-electron chi connectivity index (χ3n) is 5.56. The first-order valence-electron chi connectivity index (χ1n) is 11.6. The van der Waals surface area contributed by atoms with E-state index in [4.69, 9.17) is 4.74 Å². The number of aromatic nitrogens is 4. The van der Waals surface area contributed by atoms with Gasteiger partial charge in [-0.2, -0.15) is 0 Å². The van der Waals surface area contributed by atoms with E-state index in [1.807, 2.05) is 73.0 Å². The van der Waals surface area contributed by atoms with E-state index in [9.17, 15) is 4.79 Å². The van der Waals surface area contributed by atoms with Crippen molar-refractivity contribution in [3.05, 3.63) is 84.7 Å². The van der Waals surface area contributed by atoms with Gasteiger partial charge in [0.05, 0.1) is 11.9 Å². The number of pyridine rings is 1. The maximum Gasteiger partial charge on any atom is 0.233 e. The van der Waals surface area contributed by atoms with Gasteiger partial charge in [0, 0.05) is 30.2 Å². The van der Waals surface area contributed by atoms with Crippen LogP contribution in [0.1, 0.15) is 32.3 Å². The lowest BCUT2D eigenvalue weighted by Crippen LogP contribution is -2.33. The smallest absolute Gasteiger partial charge is 0.233 e. The molecule has 2 unspecified atom stereocenters. The Morgan fingerprint density at radius 2 is 1.80 bits per heavy atom. The fourth-order valence-corrected chi connectivity index (χ4v) is 4.52. The molecule has 35 heavy (non-hydrogen) atoms. The molecule has 2 aromatic carbocycles. The van der Waals surface area contributed by atoms with E-state index in [1.165, 1.54) is 17.3 Å². The highest BCUT2D eigenvalue weighted by molar-refractivity contribution is 8.00. The standard InChI is InChI=1S/C27H29N5O2S/c1-4-34-24-14-12-23(13-15-24)32-25(22-11-8-16-28-18-22)30-31-27(32)35-20(3)26(33)29-17-19(2)21-9-6-5-7-10-21/h5-16,18-20H,4,17H2,1-3H3,(H,29,33). The van der Waals surface area contributed by atoms with Crippen LogP contribution in [0.2, 0.25) is 0 Å². The fourth-order valence-electron chi connectivity index (χ4n) is 3.63. The molecule has 0 aliphatic carbocycles. The molecule has 0 aliphatic heterocycles. The molecule has 8 heteroatoms. The van der Waals surface area contributed by atoms with E-state index in [1.54, 1.807) is 12.4 Å². The lowest BCUT2D eigenvalue weighted by molar-refractivity contribution is -0.120. The summed E-state index contributed by atoms with van der Waals surface area (Å²) in [6.45, 7) is 7.12. The van der Waals surface area contributed by atoms with Crippen LogP contribution in [0.15, 0.2) is 84.3 Å². The monoisotopic (exact) mass is 487 g/mol. The first-order chi connectivity index (χ1) is 17.1. The second-order valence-electron chi connectivity index (χ2n) is 8.13. The van der Waals surface area contributed by atoms with Crippen molar-refractivity contribution in [3.8, 4) is 22.8 Å². The van der Waals surface area contributed by atoms with Gasteiger partial charge in [-0.3, -0.25) is 14.3 Å². The molecule has 0 spiro atoms. The first-order valence-corrected chi connectivity index (χ1v) is 12.5. The van der Waals surface area contributed by atoms with Crippen LogP contribution in [0.25, 0.3) is 17.1 Å². The Morgan fingerprint density at radius 3 is 2.49 bits per heavy atom. The van der Waals surface area contributed by atoms with Crippen molar-refractivity contribution in [1.29, 1.82) is 0 Å². The van der Waals surface area contributed by atoms with Crippen LogP contribution in [-0.4, -0.2) is 44.1 Å². The molecule has 1 amide bonds. The molecule has 0 bridgehead atoms. The number of amides is 1. The Balaban J connectivity index is 1.53. The molecule has 0 fully saturated rings. The second-order valence-corrected chi connectivity index (χ2v) is 9.44. The van der Waals surface area contributed by atoms with Crippen molar-refractivity contribution in [2.45, 2.75) is 37.1 Å². The molecule has 0 radical (unpaired) electrons. The number of carbonyl (C=O) groups is 1. The van der Waals surface area contributed by atoms with Crippen molar-refractivity contribution in [3.63, 3.8) is 0 Å². The third-order valence-corrected chi connectivity index (χ3v) is 6.60. The Morgan fingerprint density at radius 1 is 1.03 bits per heavy atom. The average Bonchev–Trinajstić information content (AvgIpc) is 3.32. The van der Waals surface area contributed by atoms with Crippen molar-refractivity contribution >= 4 is 17.7 Å². The van der Waals surface area contributed by atoms with Crippen LogP contribution < -0.4 is 10.1 Å². The molecule has 4 aromatic rings. The lowest BCUT2D eigenvalue weighted by Gasteiger charge is -2.16. The van der Waals surface area contributed by atoms with Gasteiger partial charge in [0.25, 0.3) is 0 Å². The summed E-state index contributed by atoms with van der Waals surface area (Å²) < 4.78 is 7.54.